The van der Waals surface area contributed by atoms with E-state index < -0.39 is 0 Å². The highest BCUT2D eigenvalue weighted by Crippen LogP contribution is 2.25. The van der Waals surface area contributed by atoms with Crippen LogP contribution in [0.5, 0.6) is 0 Å². The lowest BCUT2D eigenvalue weighted by Crippen LogP contribution is -2.17. The standard InChI is InChI=1S/C13H20FNS/c1-8(2)16-7-12(15)13-10(4)5-9(3)6-11(13)14/h5-6,8,12H,7,15H2,1-4H3. The van der Waals surface area contributed by atoms with Crippen molar-refractivity contribution in [1.82, 2.24) is 0 Å². The van der Waals surface area contributed by atoms with Crippen LogP contribution in [-0.2, 0) is 0 Å². The number of aryl methyl sites for hydroxylation is 2. The van der Waals surface area contributed by atoms with Gasteiger partial charge in [0, 0.05) is 17.4 Å². The van der Waals surface area contributed by atoms with E-state index >= 15 is 0 Å². The summed E-state index contributed by atoms with van der Waals surface area (Å²) in [5.74, 6) is 0.590. The zero-order valence-corrected chi connectivity index (χ0v) is 11.2. The zero-order chi connectivity index (χ0) is 12.3. The van der Waals surface area contributed by atoms with Gasteiger partial charge in [-0.15, -0.1) is 0 Å². The minimum absolute atomic E-state index is 0.172. The first kappa shape index (κ1) is 13.5. The molecule has 1 unspecified atom stereocenters. The second-order valence-electron chi connectivity index (χ2n) is 4.47. The van der Waals surface area contributed by atoms with E-state index in [1.165, 1.54) is 0 Å². The highest BCUT2D eigenvalue weighted by Gasteiger charge is 2.15. The maximum absolute atomic E-state index is 13.8. The fourth-order valence-corrected chi connectivity index (χ4v) is 2.53. The van der Waals surface area contributed by atoms with Crippen LogP contribution in [0.25, 0.3) is 0 Å². The predicted octanol–water partition coefficient (Wildman–Crippen LogP) is 3.58. The van der Waals surface area contributed by atoms with Crippen molar-refractivity contribution in [3.63, 3.8) is 0 Å². The summed E-state index contributed by atoms with van der Waals surface area (Å²) in [6.45, 7) is 8.06. The molecule has 16 heavy (non-hydrogen) atoms. The molecule has 0 aliphatic heterocycles. The lowest BCUT2D eigenvalue weighted by atomic mass is 10.00. The summed E-state index contributed by atoms with van der Waals surface area (Å²) in [4.78, 5) is 0. The smallest absolute Gasteiger partial charge is 0.128 e. The minimum Gasteiger partial charge on any atom is -0.323 e. The molecule has 1 aromatic rings. The molecule has 0 fully saturated rings. The molecule has 0 radical (unpaired) electrons. The van der Waals surface area contributed by atoms with Crippen LogP contribution in [0.2, 0.25) is 0 Å². The van der Waals surface area contributed by atoms with Gasteiger partial charge in [-0.3, -0.25) is 0 Å². The van der Waals surface area contributed by atoms with Gasteiger partial charge in [-0.1, -0.05) is 19.9 Å². The topological polar surface area (TPSA) is 26.0 Å². The highest BCUT2D eigenvalue weighted by atomic mass is 32.2. The average molecular weight is 241 g/mol. The van der Waals surface area contributed by atoms with E-state index in [0.717, 1.165) is 16.9 Å². The van der Waals surface area contributed by atoms with Gasteiger partial charge in [-0.2, -0.15) is 11.8 Å². The second-order valence-corrected chi connectivity index (χ2v) is 6.08. The van der Waals surface area contributed by atoms with Gasteiger partial charge < -0.3 is 5.73 Å². The number of nitrogens with two attached hydrogens (primary N) is 1. The Labute approximate surface area is 102 Å². The first-order valence-electron chi connectivity index (χ1n) is 5.55. The minimum atomic E-state index is -0.215. The largest absolute Gasteiger partial charge is 0.323 e. The molecule has 0 spiro atoms. The Kier molecular flexibility index (Phi) is 4.81. The monoisotopic (exact) mass is 241 g/mol. The maximum Gasteiger partial charge on any atom is 0.128 e. The van der Waals surface area contributed by atoms with Crippen molar-refractivity contribution in [3.05, 3.63) is 34.6 Å². The molecule has 1 nitrogen and oxygen atoms in total. The number of halogens is 1. The fourth-order valence-electron chi connectivity index (χ4n) is 1.78. The molecule has 0 heterocycles. The van der Waals surface area contributed by atoms with E-state index in [4.69, 9.17) is 5.73 Å². The van der Waals surface area contributed by atoms with Gasteiger partial charge >= 0.3 is 0 Å². The van der Waals surface area contributed by atoms with Crippen molar-refractivity contribution in [2.24, 2.45) is 5.73 Å². The lowest BCUT2D eigenvalue weighted by molar-refractivity contribution is 0.591. The van der Waals surface area contributed by atoms with E-state index in [-0.39, 0.29) is 11.9 Å². The van der Waals surface area contributed by atoms with E-state index in [0.29, 0.717) is 10.8 Å². The molecule has 0 bridgehead atoms. The van der Waals surface area contributed by atoms with Gasteiger partial charge in [0.1, 0.15) is 5.82 Å². The third-order valence-corrected chi connectivity index (χ3v) is 3.68. The van der Waals surface area contributed by atoms with Gasteiger partial charge in [0.05, 0.1) is 0 Å². The molecule has 0 aliphatic rings. The van der Waals surface area contributed by atoms with Crippen LogP contribution < -0.4 is 5.73 Å². The molecule has 0 amide bonds. The van der Waals surface area contributed by atoms with Gasteiger partial charge in [-0.05, 0) is 36.3 Å². The molecule has 0 aromatic heterocycles. The summed E-state index contributed by atoms with van der Waals surface area (Å²) >= 11 is 1.76. The Bertz CT molecular complexity index is 340. The molecule has 2 N–H and O–H groups in total. The summed E-state index contributed by atoms with van der Waals surface area (Å²) in [5, 5.41) is 0.528. The van der Waals surface area contributed by atoms with Gasteiger partial charge in [0.2, 0.25) is 0 Å². The molecule has 1 rings (SSSR count). The van der Waals surface area contributed by atoms with Crippen LogP contribution in [0.15, 0.2) is 12.1 Å². The lowest BCUT2D eigenvalue weighted by Gasteiger charge is -2.17. The third-order valence-electron chi connectivity index (χ3n) is 2.46. The predicted molar refractivity (Wildman–Crippen MR) is 70.4 cm³/mol. The number of rotatable bonds is 4. The Balaban J connectivity index is 2.86. The van der Waals surface area contributed by atoms with Gasteiger partial charge in [0.15, 0.2) is 0 Å². The van der Waals surface area contributed by atoms with Crippen molar-refractivity contribution >= 4 is 11.8 Å². The molecule has 0 aliphatic carbocycles. The van der Waals surface area contributed by atoms with Crippen LogP contribution in [-0.4, -0.2) is 11.0 Å². The fraction of sp³-hybridized carbons (Fsp3) is 0.538. The Morgan fingerprint density at radius 3 is 2.44 bits per heavy atom. The molecular weight excluding hydrogens is 221 g/mol. The number of benzene rings is 1. The molecular formula is C13H20FNS. The van der Waals surface area contributed by atoms with Crippen molar-refractivity contribution < 1.29 is 4.39 Å². The highest BCUT2D eigenvalue weighted by molar-refractivity contribution is 7.99. The van der Waals surface area contributed by atoms with Crippen LogP contribution in [0.4, 0.5) is 4.39 Å². The number of hydrogen-bond donors (Lipinski definition) is 1. The summed E-state index contributed by atoms with van der Waals surface area (Å²) in [5.41, 5.74) is 8.60. The molecule has 90 valence electrons. The van der Waals surface area contributed by atoms with Gasteiger partial charge in [0.25, 0.3) is 0 Å². The zero-order valence-electron chi connectivity index (χ0n) is 10.4. The first-order valence-corrected chi connectivity index (χ1v) is 6.60. The van der Waals surface area contributed by atoms with E-state index in [1.54, 1.807) is 17.8 Å². The van der Waals surface area contributed by atoms with Crippen LogP contribution in [0.1, 0.15) is 36.6 Å². The van der Waals surface area contributed by atoms with Crippen molar-refractivity contribution in [2.45, 2.75) is 39.0 Å². The molecule has 3 heteroatoms. The summed E-state index contributed by atoms with van der Waals surface area (Å²) in [6, 6.07) is 3.33. The average Bonchev–Trinajstić information content (AvgIpc) is 2.12. The van der Waals surface area contributed by atoms with Crippen LogP contribution in [0.3, 0.4) is 0 Å². The number of thioether (sulfide) groups is 1. The number of hydrogen-bond acceptors (Lipinski definition) is 2. The van der Waals surface area contributed by atoms with E-state index in [9.17, 15) is 4.39 Å². The molecule has 0 saturated heterocycles. The normalized spacial score (nSPS) is 13.2. The van der Waals surface area contributed by atoms with Crippen molar-refractivity contribution in [3.8, 4) is 0 Å². The van der Waals surface area contributed by atoms with E-state index in [1.807, 2.05) is 19.9 Å². The van der Waals surface area contributed by atoms with Crippen LogP contribution >= 0.6 is 11.8 Å². The van der Waals surface area contributed by atoms with Gasteiger partial charge in [-0.25, -0.2) is 4.39 Å². The summed E-state index contributed by atoms with van der Waals surface area (Å²) in [6.07, 6.45) is 0. The Morgan fingerprint density at radius 1 is 1.31 bits per heavy atom. The molecule has 1 aromatic carbocycles. The molecule has 0 saturated carbocycles. The third kappa shape index (κ3) is 3.49. The van der Waals surface area contributed by atoms with Crippen molar-refractivity contribution in [1.29, 1.82) is 0 Å². The maximum atomic E-state index is 13.8. The van der Waals surface area contributed by atoms with Crippen molar-refractivity contribution in [2.75, 3.05) is 5.75 Å². The quantitative estimate of drug-likeness (QED) is 0.872. The Hall–Kier alpha value is -0.540. The first-order chi connectivity index (χ1) is 7.41. The molecule has 1 atom stereocenters. The van der Waals surface area contributed by atoms with E-state index in [2.05, 4.69) is 13.8 Å². The summed E-state index contributed by atoms with van der Waals surface area (Å²) < 4.78 is 13.8. The SMILES string of the molecule is Cc1cc(C)c(C(N)CSC(C)C)c(F)c1. The second kappa shape index (κ2) is 5.69. The van der Waals surface area contributed by atoms with Crippen LogP contribution in [0, 0.1) is 19.7 Å². The Morgan fingerprint density at radius 2 is 1.94 bits per heavy atom. The summed E-state index contributed by atoms with van der Waals surface area (Å²) in [7, 11) is 0.